The number of hydrogen-bond donors (Lipinski definition) is 0. The van der Waals surface area contributed by atoms with Crippen molar-refractivity contribution in [3.8, 4) is 67.0 Å². The van der Waals surface area contributed by atoms with Crippen LogP contribution in [0.5, 0.6) is 0 Å². The summed E-state index contributed by atoms with van der Waals surface area (Å²) < 4.78 is 6.76. The van der Waals surface area contributed by atoms with E-state index in [0.717, 1.165) is 89.0 Å². The molecule has 3 heterocycles. The molecule has 0 saturated heterocycles. The highest BCUT2D eigenvalue weighted by Crippen LogP contribution is 2.40. The van der Waals surface area contributed by atoms with Gasteiger partial charge in [0.25, 0.3) is 0 Å². The maximum Gasteiger partial charge on any atom is 0.143 e. The average molecular weight is 627 g/mol. The maximum atomic E-state index is 6.76. The largest absolute Gasteiger partial charge is 0.455 e. The van der Waals surface area contributed by atoms with Crippen molar-refractivity contribution in [2.24, 2.45) is 0 Å². The Hall–Kier alpha value is -6.58. The Kier molecular flexibility index (Phi) is 7.14. The third-order valence-electron chi connectivity index (χ3n) is 9.21. The van der Waals surface area contributed by atoms with Gasteiger partial charge >= 0.3 is 0 Å². The topological polar surface area (TPSA) is 38.9 Å². The molecule has 0 atom stereocenters. The normalized spacial score (nSPS) is 11.3. The molecule has 9 aromatic rings. The van der Waals surface area contributed by atoms with Gasteiger partial charge < -0.3 is 4.42 Å². The second kappa shape index (κ2) is 12.2. The molecule has 49 heavy (non-hydrogen) atoms. The fourth-order valence-corrected chi connectivity index (χ4v) is 6.70. The Morgan fingerprint density at radius 1 is 0.347 bits per heavy atom. The molecule has 230 valence electrons. The lowest BCUT2D eigenvalue weighted by molar-refractivity contribution is 0.671. The fourth-order valence-electron chi connectivity index (χ4n) is 6.70. The summed E-state index contributed by atoms with van der Waals surface area (Å²) in [5.41, 5.74) is 14.8. The summed E-state index contributed by atoms with van der Waals surface area (Å²) in [6, 6.07) is 59.4. The number of furan rings is 1. The summed E-state index contributed by atoms with van der Waals surface area (Å²) in [4.78, 5) is 9.32. The molecule has 3 aromatic heterocycles. The first kappa shape index (κ1) is 28.6. The van der Waals surface area contributed by atoms with E-state index in [1.54, 1.807) is 6.20 Å². The Balaban J connectivity index is 1.10. The number of aromatic nitrogens is 2. The minimum atomic E-state index is 0.895. The lowest BCUT2D eigenvalue weighted by Gasteiger charge is -2.11. The first-order valence-corrected chi connectivity index (χ1v) is 16.5. The van der Waals surface area contributed by atoms with Crippen LogP contribution in [0, 0.1) is 0 Å². The standard InChI is InChI=1S/C46H30N2O/c1-3-10-35(11-4-1)43-28-38(29-44(48-43)36-12-5-2-6-13-36)32-21-25-34(26-22-32)40-16-8-18-42-41-17-7-15-39(45(41)49-46(40)42)33-23-19-31(20-24-33)37-14-9-27-47-30-37/h1-30H. The Morgan fingerprint density at radius 2 is 0.816 bits per heavy atom. The van der Waals surface area contributed by atoms with E-state index in [4.69, 9.17) is 9.40 Å². The zero-order valence-electron chi connectivity index (χ0n) is 26.6. The smallest absolute Gasteiger partial charge is 0.143 e. The molecule has 0 aliphatic rings. The Labute approximate surface area is 284 Å². The van der Waals surface area contributed by atoms with E-state index < -0.39 is 0 Å². The van der Waals surface area contributed by atoms with Gasteiger partial charge in [-0.3, -0.25) is 4.98 Å². The minimum absolute atomic E-state index is 0.895. The highest BCUT2D eigenvalue weighted by molar-refractivity contribution is 6.13. The summed E-state index contributed by atoms with van der Waals surface area (Å²) in [6.07, 6.45) is 3.69. The van der Waals surface area contributed by atoms with E-state index >= 15 is 0 Å². The highest BCUT2D eigenvalue weighted by Gasteiger charge is 2.16. The van der Waals surface area contributed by atoms with Gasteiger partial charge in [0.1, 0.15) is 11.2 Å². The van der Waals surface area contributed by atoms with Gasteiger partial charge in [-0.15, -0.1) is 0 Å². The molecule has 3 heteroatoms. The molecule has 0 radical (unpaired) electrons. The third kappa shape index (κ3) is 5.38. The number of benzene rings is 6. The van der Waals surface area contributed by atoms with Crippen molar-refractivity contribution in [3.05, 3.63) is 182 Å². The van der Waals surface area contributed by atoms with Gasteiger partial charge in [0.15, 0.2) is 0 Å². The molecule has 0 fully saturated rings. The SMILES string of the molecule is c1ccc(-c2cc(-c3ccc(-c4cccc5c4oc4c(-c6ccc(-c7cccnc7)cc6)cccc45)cc3)cc(-c3ccccc3)n2)cc1. The van der Waals surface area contributed by atoms with Crippen molar-refractivity contribution in [2.75, 3.05) is 0 Å². The fraction of sp³-hybridized carbons (Fsp3) is 0. The molecule has 0 spiro atoms. The molecule has 9 rings (SSSR count). The van der Waals surface area contributed by atoms with Crippen molar-refractivity contribution < 1.29 is 4.42 Å². The van der Waals surface area contributed by atoms with Crippen LogP contribution in [-0.2, 0) is 0 Å². The molecular formula is C46H30N2O. The molecule has 6 aromatic carbocycles. The van der Waals surface area contributed by atoms with Crippen LogP contribution in [0.3, 0.4) is 0 Å². The van der Waals surface area contributed by atoms with Crippen molar-refractivity contribution in [1.82, 2.24) is 9.97 Å². The molecule has 0 aliphatic heterocycles. The molecule has 0 N–H and O–H groups in total. The number of fused-ring (bicyclic) bond motifs is 3. The number of rotatable bonds is 6. The lowest BCUT2D eigenvalue weighted by atomic mass is 9.96. The zero-order valence-corrected chi connectivity index (χ0v) is 26.6. The number of hydrogen-bond acceptors (Lipinski definition) is 3. The van der Waals surface area contributed by atoms with Crippen molar-refractivity contribution in [2.45, 2.75) is 0 Å². The van der Waals surface area contributed by atoms with Crippen LogP contribution < -0.4 is 0 Å². The monoisotopic (exact) mass is 626 g/mol. The van der Waals surface area contributed by atoms with Crippen molar-refractivity contribution in [3.63, 3.8) is 0 Å². The summed E-state index contributed by atoms with van der Waals surface area (Å²) >= 11 is 0. The number of para-hydroxylation sites is 2. The predicted molar refractivity (Wildman–Crippen MR) is 202 cm³/mol. The summed E-state index contributed by atoms with van der Waals surface area (Å²) in [5.74, 6) is 0. The minimum Gasteiger partial charge on any atom is -0.455 e. The van der Waals surface area contributed by atoms with Gasteiger partial charge in [-0.2, -0.15) is 0 Å². The van der Waals surface area contributed by atoms with Crippen LogP contribution in [0.25, 0.3) is 89.0 Å². The summed E-state index contributed by atoms with van der Waals surface area (Å²) in [6.45, 7) is 0. The molecule has 0 aliphatic carbocycles. The molecule has 0 saturated carbocycles. The predicted octanol–water partition coefficient (Wildman–Crippen LogP) is 12.4. The van der Waals surface area contributed by atoms with E-state index in [9.17, 15) is 0 Å². The van der Waals surface area contributed by atoms with Crippen LogP contribution in [0.15, 0.2) is 187 Å². The van der Waals surface area contributed by atoms with E-state index in [2.05, 4.69) is 157 Å². The van der Waals surface area contributed by atoms with E-state index in [0.29, 0.717) is 0 Å². The zero-order chi connectivity index (χ0) is 32.6. The van der Waals surface area contributed by atoms with E-state index in [-0.39, 0.29) is 0 Å². The number of nitrogens with zero attached hydrogens (tertiary/aromatic N) is 2. The first-order chi connectivity index (χ1) is 24.3. The van der Waals surface area contributed by atoms with Gasteiger partial charge in [-0.25, -0.2) is 4.98 Å². The van der Waals surface area contributed by atoms with Crippen LogP contribution in [0.4, 0.5) is 0 Å². The van der Waals surface area contributed by atoms with Gasteiger partial charge in [-0.05, 0) is 51.6 Å². The lowest BCUT2D eigenvalue weighted by Crippen LogP contribution is -1.91. The molecular weight excluding hydrogens is 597 g/mol. The second-order valence-corrected chi connectivity index (χ2v) is 12.2. The summed E-state index contributed by atoms with van der Waals surface area (Å²) in [5, 5.41) is 2.22. The van der Waals surface area contributed by atoms with Crippen LogP contribution in [0.1, 0.15) is 0 Å². The van der Waals surface area contributed by atoms with Crippen molar-refractivity contribution >= 4 is 21.9 Å². The summed E-state index contributed by atoms with van der Waals surface area (Å²) in [7, 11) is 0. The van der Waals surface area contributed by atoms with Gasteiger partial charge in [0.05, 0.1) is 11.4 Å². The van der Waals surface area contributed by atoms with Crippen LogP contribution in [-0.4, -0.2) is 9.97 Å². The Bertz CT molecular complexity index is 2500. The maximum absolute atomic E-state index is 6.76. The third-order valence-corrected chi connectivity index (χ3v) is 9.21. The van der Waals surface area contributed by atoms with E-state index in [1.165, 1.54) is 0 Å². The second-order valence-electron chi connectivity index (χ2n) is 12.2. The van der Waals surface area contributed by atoms with Gasteiger partial charge in [0, 0.05) is 45.4 Å². The van der Waals surface area contributed by atoms with Crippen molar-refractivity contribution in [1.29, 1.82) is 0 Å². The molecule has 0 bridgehead atoms. The number of pyridine rings is 2. The van der Waals surface area contributed by atoms with E-state index in [1.807, 2.05) is 24.4 Å². The quantitative estimate of drug-likeness (QED) is 0.184. The first-order valence-electron chi connectivity index (χ1n) is 16.5. The Morgan fingerprint density at radius 3 is 1.31 bits per heavy atom. The van der Waals surface area contributed by atoms with Crippen LogP contribution >= 0.6 is 0 Å². The molecule has 3 nitrogen and oxygen atoms in total. The van der Waals surface area contributed by atoms with Crippen LogP contribution in [0.2, 0.25) is 0 Å². The van der Waals surface area contributed by atoms with Gasteiger partial charge in [-0.1, -0.05) is 152 Å². The molecule has 0 unspecified atom stereocenters. The average Bonchev–Trinajstić information content (AvgIpc) is 3.58. The van der Waals surface area contributed by atoms with Gasteiger partial charge in [0.2, 0.25) is 0 Å². The molecule has 0 amide bonds. The highest BCUT2D eigenvalue weighted by atomic mass is 16.3.